The summed E-state index contributed by atoms with van der Waals surface area (Å²) in [5, 5.41) is 3.82. The van der Waals surface area contributed by atoms with E-state index in [4.69, 9.17) is 0 Å². The van der Waals surface area contributed by atoms with Gasteiger partial charge in [-0.05, 0) is 70.5 Å². The second-order valence-corrected chi connectivity index (χ2v) is 7.56. The van der Waals surface area contributed by atoms with Gasteiger partial charge in [0, 0.05) is 36.9 Å². The SMILES string of the molecule is c1cc(-c2ccc(C3CCC(c4ccc(-c5ccncc5)cc4)N3)cc2)ccn1. The molecule has 0 spiro atoms. The van der Waals surface area contributed by atoms with Gasteiger partial charge in [-0.15, -0.1) is 0 Å². The highest BCUT2D eigenvalue weighted by Gasteiger charge is 2.25. The average molecular weight is 377 g/mol. The zero-order valence-corrected chi connectivity index (χ0v) is 16.2. The fraction of sp³-hybridized carbons (Fsp3) is 0.154. The molecule has 142 valence electrons. The smallest absolute Gasteiger partial charge is 0.0326 e. The molecule has 5 rings (SSSR count). The molecule has 2 unspecified atom stereocenters. The van der Waals surface area contributed by atoms with Crippen molar-refractivity contribution in [3.63, 3.8) is 0 Å². The van der Waals surface area contributed by atoms with Crippen molar-refractivity contribution < 1.29 is 0 Å². The Kier molecular flexibility index (Phi) is 4.89. The maximum Gasteiger partial charge on any atom is 0.0326 e. The second-order valence-electron chi connectivity index (χ2n) is 7.56. The van der Waals surface area contributed by atoms with Crippen molar-refractivity contribution >= 4 is 0 Å². The highest BCUT2D eigenvalue weighted by Crippen LogP contribution is 2.35. The summed E-state index contributed by atoms with van der Waals surface area (Å²) in [7, 11) is 0. The van der Waals surface area contributed by atoms with E-state index in [0.29, 0.717) is 12.1 Å². The van der Waals surface area contributed by atoms with Crippen LogP contribution in [0.3, 0.4) is 0 Å². The summed E-state index contributed by atoms with van der Waals surface area (Å²) in [5.74, 6) is 0. The molecular weight excluding hydrogens is 354 g/mol. The normalized spacial score (nSPS) is 18.6. The quantitative estimate of drug-likeness (QED) is 0.476. The monoisotopic (exact) mass is 377 g/mol. The minimum Gasteiger partial charge on any atom is -0.303 e. The first kappa shape index (κ1) is 17.8. The Morgan fingerprint density at radius 2 is 0.828 bits per heavy atom. The van der Waals surface area contributed by atoms with Crippen LogP contribution in [0.2, 0.25) is 0 Å². The number of hydrogen-bond acceptors (Lipinski definition) is 3. The second kappa shape index (κ2) is 7.98. The zero-order chi connectivity index (χ0) is 19.5. The number of aromatic nitrogens is 2. The van der Waals surface area contributed by atoms with Crippen LogP contribution in [-0.2, 0) is 0 Å². The molecule has 2 atom stereocenters. The van der Waals surface area contributed by atoms with E-state index in [0.717, 1.165) is 12.8 Å². The molecule has 0 aliphatic carbocycles. The Morgan fingerprint density at radius 1 is 0.483 bits per heavy atom. The summed E-state index contributed by atoms with van der Waals surface area (Å²) in [4.78, 5) is 8.20. The van der Waals surface area contributed by atoms with Gasteiger partial charge in [-0.1, -0.05) is 48.5 Å². The van der Waals surface area contributed by atoms with E-state index in [1.54, 1.807) is 0 Å². The molecule has 0 bridgehead atoms. The lowest BCUT2D eigenvalue weighted by Crippen LogP contribution is -2.17. The van der Waals surface area contributed by atoms with Crippen LogP contribution in [0.1, 0.15) is 36.1 Å². The van der Waals surface area contributed by atoms with Gasteiger partial charge in [0.15, 0.2) is 0 Å². The summed E-state index contributed by atoms with van der Waals surface area (Å²) >= 11 is 0. The number of nitrogens with one attached hydrogen (secondary N) is 1. The van der Waals surface area contributed by atoms with E-state index in [1.165, 1.54) is 33.4 Å². The molecule has 1 N–H and O–H groups in total. The lowest BCUT2D eigenvalue weighted by molar-refractivity contribution is 0.575. The summed E-state index contributed by atoms with van der Waals surface area (Å²) in [6, 6.07) is 26.9. The van der Waals surface area contributed by atoms with Crippen molar-refractivity contribution in [2.75, 3.05) is 0 Å². The third-order valence-corrected chi connectivity index (χ3v) is 5.80. The van der Waals surface area contributed by atoms with Crippen molar-refractivity contribution in [1.29, 1.82) is 0 Å². The molecule has 1 fully saturated rings. The molecule has 3 heterocycles. The molecule has 0 amide bonds. The van der Waals surface area contributed by atoms with Crippen LogP contribution in [0.15, 0.2) is 97.6 Å². The molecule has 0 saturated carbocycles. The Balaban J connectivity index is 1.28. The predicted molar refractivity (Wildman–Crippen MR) is 117 cm³/mol. The van der Waals surface area contributed by atoms with Crippen molar-refractivity contribution in [3.8, 4) is 22.3 Å². The molecule has 3 heteroatoms. The summed E-state index contributed by atoms with van der Waals surface area (Å²) < 4.78 is 0. The molecular formula is C26H23N3. The van der Waals surface area contributed by atoms with E-state index in [1.807, 2.05) is 24.8 Å². The molecule has 2 aromatic heterocycles. The van der Waals surface area contributed by atoms with Crippen LogP contribution < -0.4 is 5.32 Å². The van der Waals surface area contributed by atoms with Crippen LogP contribution in [0, 0.1) is 0 Å². The highest BCUT2D eigenvalue weighted by molar-refractivity contribution is 5.64. The van der Waals surface area contributed by atoms with E-state index in [9.17, 15) is 0 Å². The minimum atomic E-state index is 0.409. The fourth-order valence-corrected chi connectivity index (χ4v) is 4.17. The van der Waals surface area contributed by atoms with Gasteiger partial charge in [-0.25, -0.2) is 0 Å². The molecule has 2 aromatic carbocycles. The lowest BCUT2D eigenvalue weighted by atomic mass is 9.99. The van der Waals surface area contributed by atoms with E-state index in [-0.39, 0.29) is 0 Å². The number of benzene rings is 2. The van der Waals surface area contributed by atoms with Gasteiger partial charge < -0.3 is 5.32 Å². The van der Waals surface area contributed by atoms with Crippen LogP contribution >= 0.6 is 0 Å². The zero-order valence-electron chi connectivity index (χ0n) is 16.2. The first-order valence-electron chi connectivity index (χ1n) is 10.1. The van der Waals surface area contributed by atoms with Crippen molar-refractivity contribution in [2.45, 2.75) is 24.9 Å². The molecule has 1 aliphatic heterocycles. The van der Waals surface area contributed by atoms with Crippen LogP contribution in [0.25, 0.3) is 22.3 Å². The lowest BCUT2D eigenvalue weighted by Gasteiger charge is -2.16. The van der Waals surface area contributed by atoms with Crippen LogP contribution in [0.5, 0.6) is 0 Å². The largest absolute Gasteiger partial charge is 0.303 e. The fourth-order valence-electron chi connectivity index (χ4n) is 4.17. The Bertz CT molecular complexity index is 969. The van der Waals surface area contributed by atoms with Crippen LogP contribution in [-0.4, -0.2) is 9.97 Å². The van der Waals surface area contributed by atoms with Gasteiger partial charge in [-0.2, -0.15) is 0 Å². The summed E-state index contributed by atoms with van der Waals surface area (Å²) in [5.41, 5.74) is 7.60. The third kappa shape index (κ3) is 3.82. The molecule has 29 heavy (non-hydrogen) atoms. The number of hydrogen-bond donors (Lipinski definition) is 1. The molecule has 3 nitrogen and oxygen atoms in total. The van der Waals surface area contributed by atoms with Gasteiger partial charge in [0.05, 0.1) is 0 Å². The van der Waals surface area contributed by atoms with Gasteiger partial charge in [0.2, 0.25) is 0 Å². The number of pyridine rings is 2. The molecule has 1 saturated heterocycles. The number of rotatable bonds is 4. The van der Waals surface area contributed by atoms with Gasteiger partial charge in [0.1, 0.15) is 0 Å². The topological polar surface area (TPSA) is 37.8 Å². The Labute approximate surface area is 171 Å². The van der Waals surface area contributed by atoms with Crippen molar-refractivity contribution in [3.05, 3.63) is 109 Å². The van der Waals surface area contributed by atoms with Gasteiger partial charge in [0.25, 0.3) is 0 Å². The number of nitrogens with zero attached hydrogens (tertiary/aromatic N) is 2. The summed E-state index contributed by atoms with van der Waals surface area (Å²) in [6.07, 6.45) is 9.67. The first-order chi connectivity index (χ1) is 14.4. The maximum absolute atomic E-state index is 4.10. The average Bonchev–Trinajstić information content (AvgIpc) is 3.31. The predicted octanol–water partition coefficient (Wildman–Crippen LogP) is 5.98. The first-order valence-corrected chi connectivity index (χ1v) is 10.1. The summed E-state index contributed by atoms with van der Waals surface area (Å²) in [6.45, 7) is 0. The van der Waals surface area contributed by atoms with Gasteiger partial charge >= 0.3 is 0 Å². The van der Waals surface area contributed by atoms with Crippen LogP contribution in [0.4, 0.5) is 0 Å². The molecule has 1 aliphatic rings. The van der Waals surface area contributed by atoms with Gasteiger partial charge in [-0.3, -0.25) is 9.97 Å². The van der Waals surface area contributed by atoms with E-state index in [2.05, 4.69) is 88.1 Å². The minimum absolute atomic E-state index is 0.409. The van der Waals surface area contributed by atoms with Crippen molar-refractivity contribution in [2.24, 2.45) is 0 Å². The standard InChI is InChI=1S/C26H23N3/c1-5-23(6-2-19(1)21-11-15-27-16-12-21)25-9-10-26(29-25)24-7-3-20(4-8-24)22-13-17-28-18-14-22/h1-8,11-18,25-26,29H,9-10H2. The van der Waals surface area contributed by atoms with E-state index < -0.39 is 0 Å². The highest BCUT2D eigenvalue weighted by atomic mass is 15.0. The van der Waals surface area contributed by atoms with Crippen molar-refractivity contribution in [1.82, 2.24) is 15.3 Å². The maximum atomic E-state index is 4.10. The third-order valence-electron chi connectivity index (χ3n) is 5.80. The Hall–Kier alpha value is -3.30. The molecule has 0 radical (unpaired) electrons. The molecule has 4 aromatic rings. The Morgan fingerprint density at radius 3 is 1.21 bits per heavy atom. The van der Waals surface area contributed by atoms with E-state index >= 15 is 0 Å².